The normalized spacial score (nSPS) is 15.2. The highest BCUT2D eigenvalue weighted by Crippen LogP contribution is 2.43. The summed E-state index contributed by atoms with van der Waals surface area (Å²) in [6, 6.07) is 18.6. The van der Waals surface area contributed by atoms with E-state index < -0.39 is 0 Å². The van der Waals surface area contributed by atoms with Crippen molar-refractivity contribution < 1.29 is 9.13 Å². The van der Waals surface area contributed by atoms with Gasteiger partial charge in [0.15, 0.2) is 5.16 Å². The van der Waals surface area contributed by atoms with Crippen LogP contribution in [0.25, 0.3) is 5.69 Å². The van der Waals surface area contributed by atoms with E-state index in [4.69, 9.17) is 32.9 Å². The summed E-state index contributed by atoms with van der Waals surface area (Å²) in [5.74, 6) is 1.22. The van der Waals surface area contributed by atoms with Gasteiger partial charge >= 0.3 is 0 Å². The van der Waals surface area contributed by atoms with Crippen molar-refractivity contribution in [2.24, 2.45) is 0 Å². The number of rotatable bonds is 6. The molecule has 3 nitrogen and oxygen atoms in total. The van der Waals surface area contributed by atoms with Crippen LogP contribution in [0.2, 0.25) is 10.0 Å². The molecule has 3 aromatic carbocycles. The maximum Gasteiger partial charge on any atom is 0.173 e. The van der Waals surface area contributed by atoms with Gasteiger partial charge in [0.05, 0.1) is 23.5 Å². The van der Waals surface area contributed by atoms with E-state index in [9.17, 15) is 4.39 Å². The van der Waals surface area contributed by atoms with E-state index in [2.05, 4.69) is 23.6 Å². The van der Waals surface area contributed by atoms with E-state index in [-0.39, 0.29) is 11.7 Å². The first-order chi connectivity index (χ1) is 17.0. The molecule has 1 unspecified atom stereocenters. The Kier molecular flexibility index (Phi) is 7.10. The maximum atomic E-state index is 13.8. The Morgan fingerprint density at radius 1 is 1.09 bits per heavy atom. The van der Waals surface area contributed by atoms with Crippen molar-refractivity contribution in [1.82, 2.24) is 9.55 Å². The minimum Gasteiger partial charge on any atom is -0.495 e. The Morgan fingerprint density at radius 2 is 1.89 bits per heavy atom. The molecule has 1 heterocycles. The summed E-state index contributed by atoms with van der Waals surface area (Å²) in [4.78, 5) is 5.09. The lowest BCUT2D eigenvalue weighted by atomic mass is 9.84. The van der Waals surface area contributed by atoms with Gasteiger partial charge in [0, 0.05) is 22.4 Å². The van der Waals surface area contributed by atoms with E-state index in [1.807, 2.05) is 36.4 Å². The number of methoxy groups -OCH3 is 1. The molecule has 0 radical (unpaired) electrons. The second-order valence-electron chi connectivity index (χ2n) is 8.70. The van der Waals surface area contributed by atoms with Gasteiger partial charge in [-0.25, -0.2) is 9.37 Å². The van der Waals surface area contributed by atoms with Crippen LogP contribution in [-0.4, -0.2) is 16.7 Å². The molecule has 0 saturated carbocycles. The van der Waals surface area contributed by atoms with Crippen LogP contribution in [0.1, 0.15) is 46.8 Å². The molecule has 0 N–H and O–H groups in total. The lowest BCUT2D eigenvalue weighted by Crippen LogP contribution is -2.15. The fourth-order valence-corrected chi connectivity index (χ4v) is 6.47. The molecule has 0 amide bonds. The highest BCUT2D eigenvalue weighted by atomic mass is 35.5. The van der Waals surface area contributed by atoms with Crippen molar-refractivity contribution in [2.45, 2.75) is 43.0 Å². The maximum absolute atomic E-state index is 13.8. The summed E-state index contributed by atoms with van der Waals surface area (Å²) in [6.45, 7) is 2.07. The lowest BCUT2D eigenvalue weighted by Gasteiger charge is -2.26. The van der Waals surface area contributed by atoms with Crippen LogP contribution in [0.4, 0.5) is 4.39 Å². The van der Waals surface area contributed by atoms with Crippen molar-refractivity contribution in [3.05, 3.63) is 105 Å². The van der Waals surface area contributed by atoms with Crippen molar-refractivity contribution in [3.8, 4) is 11.4 Å². The van der Waals surface area contributed by atoms with Crippen molar-refractivity contribution in [3.63, 3.8) is 0 Å². The van der Waals surface area contributed by atoms with Crippen LogP contribution in [0, 0.1) is 12.7 Å². The quantitative estimate of drug-likeness (QED) is 0.236. The third-order valence-electron chi connectivity index (χ3n) is 6.56. The zero-order valence-electron chi connectivity index (χ0n) is 19.5. The molecule has 35 heavy (non-hydrogen) atoms. The second kappa shape index (κ2) is 10.3. The van der Waals surface area contributed by atoms with Crippen molar-refractivity contribution >= 4 is 35.0 Å². The largest absolute Gasteiger partial charge is 0.495 e. The standard InChI is InChI=1S/C28H25Cl2FN2OS/c1-17-5-3-7-23(29)22(17)16-35-28-32-25-8-4-6-21(18-9-14-24(30)26(15-18)34-2)27(25)33(28)20-12-10-19(31)11-13-20/h3,5,7,9-15,21H,4,6,8,16H2,1-2H3. The molecule has 0 spiro atoms. The topological polar surface area (TPSA) is 27.1 Å². The summed E-state index contributed by atoms with van der Waals surface area (Å²) < 4.78 is 21.5. The first-order valence-electron chi connectivity index (χ1n) is 11.5. The van der Waals surface area contributed by atoms with Gasteiger partial charge in [0.25, 0.3) is 0 Å². The Hall–Kier alpha value is -2.47. The van der Waals surface area contributed by atoms with Gasteiger partial charge < -0.3 is 4.74 Å². The van der Waals surface area contributed by atoms with Gasteiger partial charge in [-0.3, -0.25) is 4.57 Å². The number of hydrogen-bond donors (Lipinski definition) is 0. The third kappa shape index (κ3) is 4.82. The van der Waals surface area contributed by atoms with Gasteiger partial charge in [-0.15, -0.1) is 0 Å². The summed E-state index contributed by atoms with van der Waals surface area (Å²) in [7, 11) is 1.63. The highest BCUT2D eigenvalue weighted by Gasteiger charge is 2.30. The van der Waals surface area contributed by atoms with Crippen LogP contribution in [0.3, 0.4) is 0 Å². The van der Waals surface area contributed by atoms with Gasteiger partial charge in [-0.05, 0) is 85.3 Å². The summed E-state index contributed by atoms with van der Waals surface area (Å²) in [5, 5.41) is 2.23. The van der Waals surface area contributed by atoms with E-state index in [1.165, 1.54) is 12.1 Å². The van der Waals surface area contributed by atoms with Crippen LogP contribution >= 0.6 is 35.0 Å². The molecular formula is C28H25Cl2FN2OS. The van der Waals surface area contributed by atoms with Gasteiger partial charge in [0.2, 0.25) is 0 Å². The number of imidazole rings is 1. The lowest BCUT2D eigenvalue weighted by molar-refractivity contribution is 0.414. The van der Waals surface area contributed by atoms with E-state index in [0.29, 0.717) is 16.5 Å². The number of aryl methyl sites for hydroxylation is 2. The molecule has 0 aliphatic heterocycles. The summed E-state index contributed by atoms with van der Waals surface area (Å²) >= 11 is 14.5. The fourth-order valence-electron chi connectivity index (χ4n) is 4.75. The Morgan fingerprint density at radius 3 is 2.63 bits per heavy atom. The Balaban J connectivity index is 1.62. The van der Waals surface area contributed by atoms with E-state index in [1.54, 1.807) is 18.9 Å². The summed E-state index contributed by atoms with van der Waals surface area (Å²) in [6.07, 6.45) is 2.93. The molecular weight excluding hydrogens is 502 g/mol. The van der Waals surface area contributed by atoms with E-state index in [0.717, 1.165) is 63.2 Å². The molecule has 7 heteroatoms. The zero-order valence-corrected chi connectivity index (χ0v) is 21.9. The van der Waals surface area contributed by atoms with Crippen LogP contribution in [-0.2, 0) is 12.2 Å². The van der Waals surface area contributed by atoms with Gasteiger partial charge in [-0.1, -0.05) is 53.2 Å². The molecule has 1 aliphatic rings. The van der Waals surface area contributed by atoms with Crippen molar-refractivity contribution in [1.29, 1.82) is 0 Å². The molecule has 180 valence electrons. The molecule has 1 aromatic heterocycles. The number of ether oxygens (including phenoxy) is 1. The number of aromatic nitrogens is 2. The fraction of sp³-hybridized carbons (Fsp3) is 0.250. The molecule has 0 bridgehead atoms. The zero-order chi connectivity index (χ0) is 24.5. The monoisotopic (exact) mass is 526 g/mol. The Labute approximate surface area is 219 Å². The number of halogens is 3. The average Bonchev–Trinajstić information content (AvgIpc) is 3.23. The third-order valence-corrected chi connectivity index (χ3v) is 8.19. The molecule has 5 rings (SSSR count). The number of fused-ring (bicyclic) bond motifs is 1. The number of thioether (sulfide) groups is 1. The molecule has 1 aliphatic carbocycles. The molecule has 0 saturated heterocycles. The van der Waals surface area contributed by atoms with Crippen LogP contribution in [0.5, 0.6) is 5.75 Å². The second-order valence-corrected chi connectivity index (χ2v) is 10.5. The minimum atomic E-state index is -0.261. The highest BCUT2D eigenvalue weighted by molar-refractivity contribution is 7.98. The smallest absolute Gasteiger partial charge is 0.173 e. The first-order valence-corrected chi connectivity index (χ1v) is 13.3. The number of benzene rings is 3. The molecule has 0 fully saturated rings. The molecule has 4 aromatic rings. The van der Waals surface area contributed by atoms with Crippen molar-refractivity contribution in [2.75, 3.05) is 7.11 Å². The first kappa shape index (κ1) is 24.2. The summed E-state index contributed by atoms with van der Waals surface area (Å²) in [5.41, 5.74) is 6.51. The predicted octanol–water partition coefficient (Wildman–Crippen LogP) is 8.40. The average molecular weight is 527 g/mol. The predicted molar refractivity (Wildman–Crippen MR) is 142 cm³/mol. The SMILES string of the molecule is COc1cc(C2CCCc3nc(SCc4c(C)cccc4Cl)n(-c4ccc(F)cc4)c32)ccc1Cl. The Bertz CT molecular complexity index is 1350. The van der Waals surface area contributed by atoms with Gasteiger partial charge in [-0.2, -0.15) is 0 Å². The van der Waals surface area contributed by atoms with Crippen LogP contribution < -0.4 is 4.74 Å². The van der Waals surface area contributed by atoms with E-state index >= 15 is 0 Å². The minimum absolute atomic E-state index is 0.124. The van der Waals surface area contributed by atoms with Gasteiger partial charge in [0.1, 0.15) is 11.6 Å². The molecule has 1 atom stereocenters. The van der Waals surface area contributed by atoms with Crippen LogP contribution in [0.15, 0.2) is 65.8 Å². The number of nitrogens with zero attached hydrogens (tertiary/aromatic N) is 2. The number of hydrogen-bond acceptors (Lipinski definition) is 3.